The number of methoxy groups -OCH3 is 1. The van der Waals surface area contributed by atoms with Gasteiger partial charge in [0.2, 0.25) is 5.90 Å². The molecule has 8 nitrogen and oxygen atoms in total. The molecule has 0 saturated carbocycles. The van der Waals surface area contributed by atoms with Crippen molar-refractivity contribution in [1.82, 2.24) is 0 Å². The Hall–Kier alpha value is -3.68. The topological polar surface area (TPSA) is 100 Å². The molecule has 1 heterocycles. The van der Waals surface area contributed by atoms with Crippen molar-refractivity contribution in [2.75, 3.05) is 13.7 Å². The van der Waals surface area contributed by atoms with E-state index in [0.29, 0.717) is 34.8 Å². The van der Waals surface area contributed by atoms with Gasteiger partial charge in [-0.3, -0.25) is 10.1 Å². The molecule has 0 aromatic heterocycles. The van der Waals surface area contributed by atoms with Crippen LogP contribution in [0.2, 0.25) is 0 Å². The van der Waals surface area contributed by atoms with Crippen molar-refractivity contribution in [1.29, 1.82) is 0 Å². The predicted molar refractivity (Wildman–Crippen MR) is 107 cm³/mol. The molecule has 0 atom stereocenters. The van der Waals surface area contributed by atoms with Gasteiger partial charge in [-0.05, 0) is 43.2 Å². The van der Waals surface area contributed by atoms with Gasteiger partial charge in [-0.15, -0.1) is 0 Å². The summed E-state index contributed by atoms with van der Waals surface area (Å²) < 4.78 is 16.2. The van der Waals surface area contributed by atoms with E-state index in [1.165, 1.54) is 13.2 Å². The summed E-state index contributed by atoms with van der Waals surface area (Å²) in [6.45, 7) is 4.21. The van der Waals surface area contributed by atoms with Crippen LogP contribution in [0.25, 0.3) is 6.08 Å². The summed E-state index contributed by atoms with van der Waals surface area (Å²) in [4.78, 5) is 27.1. The number of nitrogens with zero attached hydrogens (tertiary/aromatic N) is 2. The normalized spacial score (nSPS) is 14.5. The van der Waals surface area contributed by atoms with Crippen LogP contribution < -0.4 is 9.47 Å². The van der Waals surface area contributed by atoms with E-state index in [9.17, 15) is 14.9 Å². The molecule has 2 aromatic carbocycles. The average Bonchev–Trinajstić information content (AvgIpc) is 3.07. The summed E-state index contributed by atoms with van der Waals surface area (Å²) >= 11 is 0. The van der Waals surface area contributed by atoms with Crippen molar-refractivity contribution in [3.05, 3.63) is 68.9 Å². The molecule has 1 aliphatic heterocycles. The molecule has 1 aliphatic rings. The first-order valence-corrected chi connectivity index (χ1v) is 9.01. The maximum absolute atomic E-state index is 12.2. The van der Waals surface area contributed by atoms with Gasteiger partial charge in [0.15, 0.2) is 17.2 Å². The van der Waals surface area contributed by atoms with Crippen molar-refractivity contribution in [2.45, 2.75) is 20.3 Å². The van der Waals surface area contributed by atoms with E-state index in [1.807, 2.05) is 6.92 Å². The average molecular weight is 396 g/mol. The van der Waals surface area contributed by atoms with Gasteiger partial charge in [-0.1, -0.05) is 19.1 Å². The highest BCUT2D eigenvalue weighted by molar-refractivity contribution is 6.13. The number of aryl methyl sites for hydroxylation is 1. The first-order chi connectivity index (χ1) is 13.9. The molecule has 8 heteroatoms. The molecule has 2 aromatic rings. The van der Waals surface area contributed by atoms with Gasteiger partial charge in [-0.25, -0.2) is 9.79 Å². The Morgan fingerprint density at radius 3 is 2.69 bits per heavy atom. The molecule has 0 amide bonds. The number of esters is 1. The van der Waals surface area contributed by atoms with Crippen molar-refractivity contribution >= 4 is 23.6 Å². The quantitative estimate of drug-likeness (QED) is 0.303. The number of benzene rings is 2. The van der Waals surface area contributed by atoms with Gasteiger partial charge in [0, 0.05) is 17.2 Å². The Morgan fingerprint density at radius 1 is 1.21 bits per heavy atom. The van der Waals surface area contributed by atoms with Crippen LogP contribution in [0, 0.1) is 17.0 Å². The Kier molecular flexibility index (Phi) is 5.92. The van der Waals surface area contributed by atoms with Crippen LogP contribution in [-0.2, 0) is 9.53 Å². The maximum atomic E-state index is 12.2. The summed E-state index contributed by atoms with van der Waals surface area (Å²) in [7, 11) is 1.54. The third kappa shape index (κ3) is 4.43. The summed E-state index contributed by atoms with van der Waals surface area (Å²) in [5, 5.41) is 11.1. The first-order valence-electron chi connectivity index (χ1n) is 9.01. The lowest BCUT2D eigenvalue weighted by Crippen LogP contribution is -2.06. The smallest absolute Gasteiger partial charge is 0.363 e. The van der Waals surface area contributed by atoms with E-state index >= 15 is 0 Å². The lowest BCUT2D eigenvalue weighted by atomic mass is 10.1. The monoisotopic (exact) mass is 396 g/mol. The van der Waals surface area contributed by atoms with Crippen LogP contribution in [0.1, 0.15) is 30.0 Å². The van der Waals surface area contributed by atoms with Gasteiger partial charge in [0.25, 0.3) is 5.69 Å². The van der Waals surface area contributed by atoms with Crippen LogP contribution in [0.15, 0.2) is 47.1 Å². The number of cyclic esters (lactones) is 1. The molecule has 0 N–H and O–H groups in total. The summed E-state index contributed by atoms with van der Waals surface area (Å²) in [6.07, 6.45) is 2.43. The molecule has 29 heavy (non-hydrogen) atoms. The zero-order valence-corrected chi connectivity index (χ0v) is 16.3. The third-order valence-corrected chi connectivity index (χ3v) is 4.23. The highest BCUT2D eigenvalue weighted by atomic mass is 16.6. The molecule has 0 unspecified atom stereocenters. The van der Waals surface area contributed by atoms with Crippen molar-refractivity contribution in [2.24, 2.45) is 4.99 Å². The van der Waals surface area contributed by atoms with Crippen LogP contribution in [0.3, 0.4) is 0 Å². The molecule has 0 spiro atoms. The number of ether oxygens (including phenoxy) is 3. The Balaban J connectivity index is 1.91. The van der Waals surface area contributed by atoms with Crippen molar-refractivity contribution in [3.63, 3.8) is 0 Å². The van der Waals surface area contributed by atoms with Gasteiger partial charge in [-0.2, -0.15) is 0 Å². The fraction of sp³-hybridized carbons (Fsp3) is 0.238. The number of hydrogen-bond donors (Lipinski definition) is 0. The summed E-state index contributed by atoms with van der Waals surface area (Å²) in [5.74, 6) is 0.548. The largest absolute Gasteiger partial charge is 0.493 e. The SMILES string of the molecule is CCCOc1ccc(/C=C2\N=C(c3ccc(C)c([N+](=O)[O-])c3)OC2=O)cc1OC. The highest BCUT2D eigenvalue weighted by Gasteiger charge is 2.26. The van der Waals surface area contributed by atoms with Gasteiger partial charge >= 0.3 is 5.97 Å². The molecule has 150 valence electrons. The van der Waals surface area contributed by atoms with E-state index < -0.39 is 10.9 Å². The standard InChI is InChI=1S/C21H20N2O6/c1-4-9-28-18-8-6-14(11-19(18)27-3)10-16-21(24)29-20(22-16)15-7-5-13(2)17(12-15)23(25)26/h5-8,10-12H,4,9H2,1-3H3/b16-10-. The fourth-order valence-corrected chi connectivity index (χ4v) is 2.73. The maximum Gasteiger partial charge on any atom is 0.363 e. The molecule has 3 rings (SSSR count). The molecule has 0 bridgehead atoms. The van der Waals surface area contributed by atoms with Crippen LogP contribution in [0.4, 0.5) is 5.69 Å². The number of carbonyl (C=O) groups excluding carboxylic acids is 1. The zero-order chi connectivity index (χ0) is 21.0. The van der Waals surface area contributed by atoms with Crippen molar-refractivity contribution in [3.8, 4) is 11.5 Å². The molecule has 0 saturated heterocycles. The first kappa shape index (κ1) is 20.1. The number of hydrogen-bond acceptors (Lipinski definition) is 7. The summed E-state index contributed by atoms with van der Waals surface area (Å²) in [6, 6.07) is 9.82. The van der Waals surface area contributed by atoms with E-state index in [1.54, 1.807) is 43.3 Å². The minimum atomic E-state index is -0.631. The number of nitro benzene ring substituents is 1. The number of carbonyl (C=O) groups is 1. The molecular formula is C21H20N2O6. The second-order valence-electron chi connectivity index (χ2n) is 6.35. The molecule has 0 aliphatic carbocycles. The molecular weight excluding hydrogens is 376 g/mol. The van der Waals surface area contributed by atoms with Gasteiger partial charge in [0.05, 0.1) is 18.6 Å². The van der Waals surface area contributed by atoms with E-state index in [2.05, 4.69) is 4.99 Å². The van der Waals surface area contributed by atoms with E-state index in [4.69, 9.17) is 14.2 Å². The predicted octanol–water partition coefficient (Wildman–Crippen LogP) is 4.05. The number of aliphatic imine (C=N–C) groups is 1. The minimum absolute atomic E-state index is 0.0271. The van der Waals surface area contributed by atoms with E-state index in [-0.39, 0.29) is 17.3 Å². The van der Waals surface area contributed by atoms with Gasteiger partial charge < -0.3 is 14.2 Å². The second-order valence-corrected chi connectivity index (χ2v) is 6.35. The number of rotatable bonds is 7. The highest BCUT2D eigenvalue weighted by Crippen LogP contribution is 2.30. The zero-order valence-electron chi connectivity index (χ0n) is 16.3. The molecule has 0 radical (unpaired) electrons. The van der Waals surface area contributed by atoms with Crippen LogP contribution in [-0.4, -0.2) is 30.5 Å². The Bertz CT molecular complexity index is 1030. The van der Waals surface area contributed by atoms with Crippen LogP contribution >= 0.6 is 0 Å². The van der Waals surface area contributed by atoms with Crippen molar-refractivity contribution < 1.29 is 23.9 Å². The Labute approximate surface area is 167 Å². The van der Waals surface area contributed by atoms with Crippen LogP contribution in [0.5, 0.6) is 11.5 Å². The lowest BCUT2D eigenvalue weighted by Gasteiger charge is -2.10. The Morgan fingerprint density at radius 2 is 2.00 bits per heavy atom. The second kappa shape index (κ2) is 8.55. The number of nitro groups is 1. The van der Waals surface area contributed by atoms with Gasteiger partial charge in [0.1, 0.15) is 0 Å². The summed E-state index contributed by atoms with van der Waals surface area (Å²) in [5.41, 5.74) is 1.58. The lowest BCUT2D eigenvalue weighted by molar-refractivity contribution is -0.385. The minimum Gasteiger partial charge on any atom is -0.493 e. The van der Waals surface area contributed by atoms with E-state index in [0.717, 1.165) is 6.42 Å². The molecule has 0 fully saturated rings. The fourth-order valence-electron chi connectivity index (χ4n) is 2.73. The third-order valence-electron chi connectivity index (χ3n) is 4.23.